The van der Waals surface area contributed by atoms with Crippen LogP contribution in [0.25, 0.3) is 33.9 Å². The highest BCUT2D eigenvalue weighted by molar-refractivity contribution is 5.92. The quantitative estimate of drug-likeness (QED) is 0.331. The lowest BCUT2D eigenvalue weighted by molar-refractivity contribution is 0.297. The predicted molar refractivity (Wildman–Crippen MR) is 138 cm³/mol. The number of rotatable bonds is 5. The van der Waals surface area contributed by atoms with Crippen LogP contribution in [0.15, 0.2) is 79.0 Å². The molecule has 5 aromatic rings. The Kier molecular flexibility index (Phi) is 5.68. The number of H-pyrrole nitrogens is 1. The molecule has 1 aliphatic rings. The van der Waals surface area contributed by atoms with Crippen molar-refractivity contribution in [2.45, 2.75) is 13.0 Å². The number of ether oxygens (including phenoxy) is 2. The molecule has 7 nitrogen and oxygen atoms in total. The summed E-state index contributed by atoms with van der Waals surface area (Å²) in [6.07, 6.45) is 4.64. The fourth-order valence-electron chi connectivity index (χ4n) is 4.32. The Labute approximate surface area is 208 Å². The number of imidazole rings is 1. The molecule has 176 valence electrons. The van der Waals surface area contributed by atoms with E-state index in [1.54, 1.807) is 0 Å². The van der Waals surface area contributed by atoms with E-state index < -0.39 is 0 Å². The van der Waals surface area contributed by atoms with Crippen molar-refractivity contribution in [3.05, 3.63) is 95.9 Å². The van der Waals surface area contributed by atoms with Crippen molar-refractivity contribution in [2.24, 2.45) is 0 Å². The average molecular weight is 474 g/mol. The lowest BCUT2D eigenvalue weighted by Crippen LogP contribution is -2.00. The lowest BCUT2D eigenvalue weighted by Gasteiger charge is -2.09. The summed E-state index contributed by atoms with van der Waals surface area (Å²) in [4.78, 5) is 7.87. The summed E-state index contributed by atoms with van der Waals surface area (Å²) >= 11 is 0. The number of benzene rings is 3. The number of hydrogen-bond acceptors (Lipinski definition) is 5. The van der Waals surface area contributed by atoms with Crippen LogP contribution in [0.2, 0.25) is 0 Å². The molecule has 36 heavy (non-hydrogen) atoms. The fraction of sp³-hybridized carbons (Fsp3) is 0.138. The molecular weight excluding hydrogens is 450 g/mol. The number of fused-ring (bicyclic) bond motifs is 2. The van der Waals surface area contributed by atoms with E-state index in [4.69, 9.17) is 14.6 Å². The number of nitriles is 1. The number of nitrogens with zero attached hydrogens (tertiary/aromatic N) is 4. The number of hydrogen-bond donors (Lipinski definition) is 1. The molecule has 0 bridgehead atoms. The maximum atomic E-state index is 10.0. The Morgan fingerprint density at radius 2 is 1.81 bits per heavy atom. The Morgan fingerprint density at radius 1 is 1.00 bits per heavy atom. The van der Waals surface area contributed by atoms with Crippen LogP contribution >= 0.6 is 0 Å². The Morgan fingerprint density at radius 3 is 2.64 bits per heavy atom. The summed E-state index contributed by atoms with van der Waals surface area (Å²) in [5, 5.41) is 14.9. The van der Waals surface area contributed by atoms with Crippen LogP contribution in [-0.2, 0) is 6.54 Å². The molecule has 0 spiro atoms. The highest BCUT2D eigenvalue weighted by Crippen LogP contribution is 2.35. The number of aromatic amines is 1. The number of allylic oxidation sites excluding steroid dienone is 1. The molecule has 0 aliphatic carbocycles. The monoisotopic (exact) mass is 473 g/mol. The van der Waals surface area contributed by atoms with Gasteiger partial charge in [-0.05, 0) is 42.0 Å². The molecule has 3 aromatic carbocycles. The minimum Gasteiger partial charge on any atom is -0.490 e. The molecule has 6 rings (SSSR count). The second-order valence-corrected chi connectivity index (χ2v) is 8.60. The molecule has 0 atom stereocenters. The molecule has 0 unspecified atom stereocenters. The summed E-state index contributed by atoms with van der Waals surface area (Å²) in [6, 6.07) is 26.1. The van der Waals surface area contributed by atoms with Crippen LogP contribution in [0.4, 0.5) is 0 Å². The summed E-state index contributed by atoms with van der Waals surface area (Å²) in [5.74, 6) is 1.96. The van der Waals surface area contributed by atoms with E-state index in [1.807, 2.05) is 77.6 Å². The maximum absolute atomic E-state index is 10.0. The van der Waals surface area contributed by atoms with Crippen molar-refractivity contribution in [3.63, 3.8) is 0 Å². The Balaban J connectivity index is 1.45. The molecule has 0 fully saturated rings. The van der Waals surface area contributed by atoms with Gasteiger partial charge in [0.1, 0.15) is 11.9 Å². The van der Waals surface area contributed by atoms with Gasteiger partial charge in [-0.1, -0.05) is 42.5 Å². The highest BCUT2D eigenvalue weighted by Gasteiger charge is 2.17. The topological polar surface area (TPSA) is 88.8 Å². The molecule has 0 saturated carbocycles. The van der Waals surface area contributed by atoms with Gasteiger partial charge in [0.2, 0.25) is 0 Å². The van der Waals surface area contributed by atoms with Crippen molar-refractivity contribution in [2.75, 3.05) is 13.2 Å². The van der Waals surface area contributed by atoms with E-state index in [1.165, 1.54) is 0 Å². The van der Waals surface area contributed by atoms with Gasteiger partial charge >= 0.3 is 0 Å². The van der Waals surface area contributed by atoms with E-state index in [-0.39, 0.29) is 0 Å². The van der Waals surface area contributed by atoms with Gasteiger partial charge in [0.05, 0.1) is 42.1 Å². The van der Waals surface area contributed by atoms with Gasteiger partial charge < -0.3 is 14.5 Å². The zero-order valence-corrected chi connectivity index (χ0v) is 19.5. The van der Waals surface area contributed by atoms with Crippen LogP contribution in [0, 0.1) is 11.3 Å². The molecule has 3 heterocycles. The average Bonchev–Trinajstić information content (AvgIpc) is 3.44. The maximum Gasteiger partial charge on any atom is 0.161 e. The molecule has 0 amide bonds. The zero-order chi connectivity index (χ0) is 24.3. The normalized spacial score (nSPS) is 13.4. The third-order valence-electron chi connectivity index (χ3n) is 6.06. The third-order valence-corrected chi connectivity index (χ3v) is 6.06. The smallest absolute Gasteiger partial charge is 0.161 e. The van der Waals surface area contributed by atoms with Crippen LogP contribution in [-0.4, -0.2) is 33.0 Å². The van der Waals surface area contributed by atoms with Crippen molar-refractivity contribution < 1.29 is 9.47 Å². The van der Waals surface area contributed by atoms with E-state index in [9.17, 15) is 5.26 Å². The van der Waals surface area contributed by atoms with Crippen molar-refractivity contribution in [3.8, 4) is 28.8 Å². The summed E-state index contributed by atoms with van der Waals surface area (Å²) < 4.78 is 13.6. The van der Waals surface area contributed by atoms with E-state index >= 15 is 0 Å². The van der Waals surface area contributed by atoms with Crippen molar-refractivity contribution in [1.29, 1.82) is 5.26 Å². The Bertz CT molecular complexity index is 1580. The fourth-order valence-corrected chi connectivity index (χ4v) is 4.32. The predicted octanol–water partition coefficient (Wildman–Crippen LogP) is 5.70. The van der Waals surface area contributed by atoms with Crippen molar-refractivity contribution >= 4 is 22.7 Å². The first-order valence-corrected chi connectivity index (χ1v) is 11.9. The van der Waals surface area contributed by atoms with Crippen LogP contribution in [0.3, 0.4) is 0 Å². The molecule has 0 radical (unpaired) electrons. The van der Waals surface area contributed by atoms with Gasteiger partial charge in [0.25, 0.3) is 0 Å². The van der Waals surface area contributed by atoms with Gasteiger partial charge in [-0.2, -0.15) is 10.4 Å². The van der Waals surface area contributed by atoms with Gasteiger partial charge in [-0.15, -0.1) is 0 Å². The number of para-hydroxylation sites is 2. The van der Waals surface area contributed by atoms with E-state index in [0.717, 1.165) is 45.6 Å². The van der Waals surface area contributed by atoms with Crippen LogP contribution in [0.1, 0.15) is 23.4 Å². The van der Waals surface area contributed by atoms with E-state index in [0.29, 0.717) is 36.9 Å². The molecule has 1 aliphatic heterocycles. The minimum absolute atomic E-state index is 0.432. The number of aromatic nitrogens is 4. The summed E-state index contributed by atoms with van der Waals surface area (Å²) in [7, 11) is 0. The second kappa shape index (κ2) is 9.43. The van der Waals surface area contributed by atoms with Crippen molar-refractivity contribution in [1.82, 2.24) is 19.7 Å². The molecule has 1 N–H and O–H groups in total. The van der Waals surface area contributed by atoms with Gasteiger partial charge in [0.15, 0.2) is 11.5 Å². The number of nitrogens with one attached hydrogen (secondary N) is 1. The Hall–Kier alpha value is -4.83. The molecule has 2 aromatic heterocycles. The molecular formula is C29H23N5O2. The highest BCUT2D eigenvalue weighted by atomic mass is 16.5. The van der Waals surface area contributed by atoms with Gasteiger partial charge in [0, 0.05) is 23.7 Å². The first-order chi connectivity index (χ1) is 17.8. The largest absolute Gasteiger partial charge is 0.490 e. The van der Waals surface area contributed by atoms with Crippen LogP contribution in [0.5, 0.6) is 11.5 Å². The third kappa shape index (κ3) is 4.32. The lowest BCUT2D eigenvalue weighted by atomic mass is 10.1. The summed E-state index contributed by atoms with van der Waals surface area (Å²) in [6.45, 7) is 1.85. The van der Waals surface area contributed by atoms with Gasteiger partial charge in [-0.3, -0.25) is 4.68 Å². The van der Waals surface area contributed by atoms with E-state index in [2.05, 4.69) is 28.2 Å². The molecule has 0 saturated heterocycles. The zero-order valence-electron chi connectivity index (χ0n) is 19.5. The van der Waals surface area contributed by atoms with Gasteiger partial charge in [-0.25, -0.2) is 4.98 Å². The SMILES string of the molecule is N#C/C(=C\c1cn(Cc2ccccc2)nc1-c1ccc2c(c1)OCCCO2)c1nc2ccccc2[nH]1. The first kappa shape index (κ1) is 21.7. The minimum atomic E-state index is 0.432. The second-order valence-electron chi connectivity index (χ2n) is 8.60. The molecule has 7 heteroatoms. The standard InChI is InChI=1S/C29H23N5O2/c30-17-22(29-31-24-9-4-5-10-25(24)32-29)15-23-19-34(18-20-7-2-1-3-8-20)33-28(23)21-11-12-26-27(16-21)36-14-6-13-35-26/h1-5,7-12,15-16,19H,6,13-14,18H2,(H,31,32)/b22-15+. The summed E-state index contributed by atoms with van der Waals surface area (Å²) in [5.41, 5.74) is 5.73. The first-order valence-electron chi connectivity index (χ1n) is 11.9. The van der Waals surface area contributed by atoms with Crippen LogP contribution < -0.4 is 9.47 Å².